The second-order valence-electron chi connectivity index (χ2n) is 3.70. The van der Waals surface area contributed by atoms with Gasteiger partial charge in [0.1, 0.15) is 0 Å². The minimum absolute atomic E-state index is 0.345. The summed E-state index contributed by atoms with van der Waals surface area (Å²) in [5.74, 6) is -1.85. The maximum absolute atomic E-state index is 12.3. The molecule has 0 bridgehead atoms. The number of esters is 1. The van der Waals surface area contributed by atoms with Crippen molar-refractivity contribution < 1.29 is 23.1 Å². The molecule has 0 saturated carbocycles. The van der Waals surface area contributed by atoms with Gasteiger partial charge in [0.25, 0.3) is 0 Å². The van der Waals surface area contributed by atoms with E-state index in [0.717, 1.165) is 5.56 Å². The molecule has 0 aliphatic rings. The maximum Gasteiger partial charge on any atom is 0.358 e. The lowest BCUT2D eigenvalue weighted by atomic mass is 10.2. The van der Waals surface area contributed by atoms with Gasteiger partial charge in [-0.25, -0.2) is 4.79 Å². The summed E-state index contributed by atoms with van der Waals surface area (Å²) in [4.78, 5) is 11.7. The van der Waals surface area contributed by atoms with E-state index in [0.29, 0.717) is 6.54 Å². The van der Waals surface area contributed by atoms with Gasteiger partial charge in [-0.15, -0.1) is 0 Å². The first kappa shape index (κ1) is 15.9. The van der Waals surface area contributed by atoms with E-state index < -0.39 is 19.3 Å². The minimum Gasteiger partial charge on any atom is -0.467 e. The summed E-state index contributed by atoms with van der Waals surface area (Å²) in [6, 6.07) is 9.39. The van der Waals surface area contributed by atoms with Gasteiger partial charge in [-0.1, -0.05) is 30.3 Å². The van der Waals surface area contributed by atoms with Gasteiger partial charge in [0.05, 0.1) is 7.11 Å². The Morgan fingerprint density at radius 1 is 1.21 bits per heavy atom. The number of ether oxygens (including phenoxy) is 1. The zero-order valence-corrected chi connectivity index (χ0v) is 12.1. The number of methoxy groups -OCH3 is 1. The fraction of sp³-hybridized carbons (Fsp3) is 0.417. The highest BCUT2D eigenvalue weighted by Gasteiger charge is 2.40. The van der Waals surface area contributed by atoms with Gasteiger partial charge < -0.3 is 13.8 Å². The molecule has 0 radical (unpaired) electrons. The summed E-state index contributed by atoms with van der Waals surface area (Å²) in [5.41, 5.74) is 0.940. The van der Waals surface area contributed by atoms with Crippen LogP contribution >= 0.6 is 7.60 Å². The Kier molecular flexibility index (Phi) is 6.18. The lowest BCUT2D eigenvalue weighted by Gasteiger charge is -2.23. The lowest BCUT2D eigenvalue weighted by Crippen LogP contribution is -2.37. The molecule has 1 N–H and O–H groups in total. The summed E-state index contributed by atoms with van der Waals surface area (Å²) >= 11 is 0. The molecule has 1 aromatic rings. The third kappa shape index (κ3) is 4.14. The molecule has 1 rings (SSSR count). The molecule has 19 heavy (non-hydrogen) atoms. The van der Waals surface area contributed by atoms with Crippen molar-refractivity contribution in [3.05, 3.63) is 35.9 Å². The zero-order chi connectivity index (χ0) is 14.3. The Labute approximate surface area is 112 Å². The van der Waals surface area contributed by atoms with E-state index in [1.807, 2.05) is 30.3 Å². The molecule has 1 aromatic carbocycles. The molecular formula is C12H18NO5P. The van der Waals surface area contributed by atoms with Crippen LogP contribution in [0.2, 0.25) is 0 Å². The summed E-state index contributed by atoms with van der Waals surface area (Å²) < 4.78 is 26.5. The first-order chi connectivity index (χ1) is 9.07. The molecule has 0 aliphatic heterocycles. The zero-order valence-electron chi connectivity index (χ0n) is 11.2. The van der Waals surface area contributed by atoms with Crippen molar-refractivity contribution in [2.45, 2.75) is 12.3 Å². The van der Waals surface area contributed by atoms with Crippen LogP contribution in [0.25, 0.3) is 0 Å². The van der Waals surface area contributed by atoms with Crippen LogP contribution in [-0.2, 0) is 29.7 Å². The van der Waals surface area contributed by atoms with Crippen molar-refractivity contribution >= 4 is 13.6 Å². The molecule has 0 aromatic heterocycles. The predicted octanol–water partition coefficient (Wildman–Crippen LogP) is 1.76. The lowest BCUT2D eigenvalue weighted by molar-refractivity contribution is -0.141. The third-order valence-corrected chi connectivity index (χ3v) is 4.64. The Morgan fingerprint density at radius 3 is 2.26 bits per heavy atom. The van der Waals surface area contributed by atoms with Crippen molar-refractivity contribution in [3.8, 4) is 0 Å². The van der Waals surface area contributed by atoms with E-state index in [9.17, 15) is 9.36 Å². The maximum atomic E-state index is 12.3. The van der Waals surface area contributed by atoms with E-state index in [1.54, 1.807) is 0 Å². The number of benzene rings is 1. The van der Waals surface area contributed by atoms with Gasteiger partial charge in [-0.3, -0.25) is 9.88 Å². The fourth-order valence-corrected chi connectivity index (χ4v) is 2.78. The van der Waals surface area contributed by atoms with Crippen LogP contribution in [0.1, 0.15) is 5.56 Å². The van der Waals surface area contributed by atoms with Crippen molar-refractivity contribution in [2.75, 3.05) is 21.3 Å². The largest absolute Gasteiger partial charge is 0.467 e. The van der Waals surface area contributed by atoms with Crippen LogP contribution < -0.4 is 5.32 Å². The highest BCUT2D eigenvalue weighted by atomic mass is 31.2. The topological polar surface area (TPSA) is 73.9 Å². The fourth-order valence-electron chi connectivity index (χ4n) is 1.53. The molecule has 0 spiro atoms. The second-order valence-corrected chi connectivity index (χ2v) is 6.02. The molecule has 0 saturated heterocycles. The highest BCUT2D eigenvalue weighted by molar-refractivity contribution is 7.55. The van der Waals surface area contributed by atoms with E-state index in [-0.39, 0.29) is 0 Å². The van der Waals surface area contributed by atoms with E-state index in [1.165, 1.54) is 21.3 Å². The van der Waals surface area contributed by atoms with Crippen molar-refractivity contribution in [1.29, 1.82) is 0 Å². The van der Waals surface area contributed by atoms with Crippen molar-refractivity contribution in [1.82, 2.24) is 5.32 Å². The number of hydrogen-bond acceptors (Lipinski definition) is 6. The number of rotatable bonds is 7. The van der Waals surface area contributed by atoms with E-state index >= 15 is 0 Å². The predicted molar refractivity (Wildman–Crippen MR) is 70.7 cm³/mol. The molecular weight excluding hydrogens is 269 g/mol. The van der Waals surface area contributed by atoms with Crippen LogP contribution in [0.5, 0.6) is 0 Å². The summed E-state index contributed by atoms with van der Waals surface area (Å²) in [5, 5.41) is 2.84. The Hall–Kier alpha value is -1.20. The third-order valence-electron chi connectivity index (χ3n) is 2.59. The number of hydrogen-bond donors (Lipinski definition) is 1. The van der Waals surface area contributed by atoms with Crippen LogP contribution in [-0.4, -0.2) is 33.1 Å². The smallest absolute Gasteiger partial charge is 0.358 e. The quantitative estimate of drug-likeness (QED) is 0.608. The Bertz CT molecular complexity index is 443. The molecule has 106 valence electrons. The molecule has 6 nitrogen and oxygen atoms in total. The highest BCUT2D eigenvalue weighted by Crippen LogP contribution is 2.50. The molecule has 7 heteroatoms. The van der Waals surface area contributed by atoms with Gasteiger partial charge in [-0.2, -0.15) is 0 Å². The molecule has 0 heterocycles. The number of carbonyl (C=O) groups excluding carboxylic acids is 1. The van der Waals surface area contributed by atoms with Crippen LogP contribution in [0.3, 0.4) is 0 Å². The van der Waals surface area contributed by atoms with Crippen molar-refractivity contribution in [2.24, 2.45) is 0 Å². The van der Waals surface area contributed by atoms with Gasteiger partial charge in [0.2, 0.25) is 5.78 Å². The van der Waals surface area contributed by atoms with Gasteiger partial charge in [-0.05, 0) is 5.56 Å². The average molecular weight is 287 g/mol. The normalized spacial score (nSPS) is 13.0. The van der Waals surface area contributed by atoms with Gasteiger partial charge in [0.15, 0.2) is 0 Å². The van der Waals surface area contributed by atoms with Gasteiger partial charge in [0, 0.05) is 20.8 Å². The molecule has 0 aliphatic carbocycles. The summed E-state index contributed by atoms with van der Waals surface area (Å²) in [7, 11) is 0.0841. The molecule has 0 fully saturated rings. The van der Waals surface area contributed by atoms with Gasteiger partial charge >= 0.3 is 13.6 Å². The second kappa shape index (κ2) is 7.40. The van der Waals surface area contributed by atoms with Crippen LogP contribution in [0.15, 0.2) is 30.3 Å². The van der Waals surface area contributed by atoms with Crippen molar-refractivity contribution in [3.63, 3.8) is 0 Å². The Balaban J connectivity index is 2.82. The number of carbonyl (C=O) groups is 1. The van der Waals surface area contributed by atoms with E-state index in [4.69, 9.17) is 9.05 Å². The molecule has 1 atom stereocenters. The standard InChI is InChI=1S/C12H18NO5P/c1-16-12(14)11(19(15,17-2)18-3)13-9-10-7-5-4-6-8-10/h4-8,11,13H,9H2,1-3H3. The minimum atomic E-state index is -3.59. The van der Waals surface area contributed by atoms with Crippen LogP contribution in [0, 0.1) is 0 Å². The Morgan fingerprint density at radius 2 is 1.79 bits per heavy atom. The first-order valence-electron chi connectivity index (χ1n) is 5.63. The first-order valence-corrected chi connectivity index (χ1v) is 7.25. The summed E-state index contributed by atoms with van der Waals surface area (Å²) in [6.07, 6.45) is 0. The number of nitrogens with one attached hydrogen (secondary N) is 1. The molecule has 0 amide bonds. The van der Waals surface area contributed by atoms with Crippen LogP contribution in [0.4, 0.5) is 0 Å². The summed E-state index contributed by atoms with van der Waals surface area (Å²) in [6.45, 7) is 0.345. The SMILES string of the molecule is COC(=O)C(NCc1ccccc1)P(=O)(OC)OC. The average Bonchev–Trinajstić information content (AvgIpc) is 2.47. The molecule has 1 unspecified atom stereocenters. The van der Waals surface area contributed by atoms with E-state index in [2.05, 4.69) is 10.1 Å². The monoisotopic (exact) mass is 287 g/mol.